The average molecular weight is 280 g/mol. The van der Waals surface area contributed by atoms with Gasteiger partial charge in [-0.3, -0.25) is 10.1 Å². The van der Waals surface area contributed by atoms with Crippen LogP contribution >= 0.6 is 0 Å². The molecule has 0 aromatic heterocycles. The Hall–Kier alpha value is -1.42. The number of carbonyl (C=O) groups excluding carboxylic acids is 1. The molecule has 0 fully saturated rings. The van der Waals surface area contributed by atoms with Gasteiger partial charge in [0.25, 0.3) is 0 Å². The molecule has 0 saturated heterocycles. The van der Waals surface area contributed by atoms with Gasteiger partial charge in [-0.1, -0.05) is 31.5 Å². The van der Waals surface area contributed by atoms with E-state index >= 15 is 0 Å². The minimum absolute atomic E-state index is 0.0471. The molecule has 1 aromatic rings. The molecule has 1 rings (SSSR count). The van der Waals surface area contributed by atoms with Gasteiger partial charge in [-0.05, 0) is 33.3 Å². The first-order valence-corrected chi connectivity index (χ1v) is 7.26. The van der Waals surface area contributed by atoms with Gasteiger partial charge in [-0.2, -0.15) is 0 Å². The summed E-state index contributed by atoms with van der Waals surface area (Å²) >= 11 is 0. The Kier molecular flexibility index (Phi) is 6.65. The molecule has 2 N–H and O–H groups in total. The van der Waals surface area contributed by atoms with Gasteiger partial charge in [0.1, 0.15) is 5.82 Å². The van der Waals surface area contributed by atoms with Crippen LogP contribution < -0.4 is 10.6 Å². The van der Waals surface area contributed by atoms with Gasteiger partial charge in [-0.25, -0.2) is 4.39 Å². The van der Waals surface area contributed by atoms with E-state index in [-0.39, 0.29) is 29.8 Å². The fourth-order valence-corrected chi connectivity index (χ4v) is 2.24. The second-order valence-electron chi connectivity index (χ2n) is 5.33. The Morgan fingerprint density at radius 1 is 1.25 bits per heavy atom. The Morgan fingerprint density at radius 2 is 1.90 bits per heavy atom. The molecule has 0 radical (unpaired) electrons. The zero-order valence-corrected chi connectivity index (χ0v) is 12.7. The van der Waals surface area contributed by atoms with Gasteiger partial charge in [-0.15, -0.1) is 0 Å². The van der Waals surface area contributed by atoms with Crippen LogP contribution in [0.1, 0.15) is 52.1 Å². The van der Waals surface area contributed by atoms with E-state index in [0.717, 1.165) is 12.8 Å². The van der Waals surface area contributed by atoms with Crippen molar-refractivity contribution in [2.24, 2.45) is 0 Å². The maximum atomic E-state index is 13.7. The third-order valence-corrected chi connectivity index (χ3v) is 3.38. The highest BCUT2D eigenvalue weighted by Crippen LogP contribution is 2.16. The van der Waals surface area contributed by atoms with Crippen LogP contribution in [0.5, 0.6) is 0 Å². The summed E-state index contributed by atoms with van der Waals surface area (Å²) < 4.78 is 13.7. The van der Waals surface area contributed by atoms with Gasteiger partial charge in [0.15, 0.2) is 0 Å². The highest BCUT2D eigenvalue weighted by atomic mass is 19.1. The number of nitrogens with one attached hydrogen (secondary N) is 2. The van der Waals surface area contributed by atoms with Gasteiger partial charge < -0.3 is 5.32 Å². The van der Waals surface area contributed by atoms with E-state index in [2.05, 4.69) is 17.6 Å². The zero-order valence-electron chi connectivity index (χ0n) is 12.7. The van der Waals surface area contributed by atoms with Gasteiger partial charge >= 0.3 is 0 Å². The maximum Gasteiger partial charge on any atom is 0.237 e. The van der Waals surface area contributed by atoms with Crippen LogP contribution in [-0.4, -0.2) is 18.0 Å². The Balaban J connectivity index is 2.55. The molecule has 0 spiro atoms. The highest BCUT2D eigenvalue weighted by molar-refractivity contribution is 5.81. The first kappa shape index (κ1) is 16.6. The fraction of sp³-hybridized carbons (Fsp3) is 0.562. The van der Waals surface area contributed by atoms with Crippen LogP contribution in [0.25, 0.3) is 0 Å². The number of halogens is 1. The van der Waals surface area contributed by atoms with Crippen molar-refractivity contribution in [3.8, 4) is 0 Å². The zero-order chi connectivity index (χ0) is 15.1. The first-order chi connectivity index (χ1) is 9.45. The summed E-state index contributed by atoms with van der Waals surface area (Å²) in [4.78, 5) is 12.0. The number of hydrogen-bond acceptors (Lipinski definition) is 2. The number of carbonyl (C=O) groups is 1. The number of rotatable bonds is 7. The Bertz CT molecular complexity index is 436. The lowest BCUT2D eigenvalue weighted by Gasteiger charge is -2.22. The molecule has 0 bridgehead atoms. The molecule has 0 saturated carbocycles. The van der Waals surface area contributed by atoms with Crippen molar-refractivity contribution in [3.63, 3.8) is 0 Å². The highest BCUT2D eigenvalue weighted by Gasteiger charge is 2.19. The average Bonchev–Trinajstić information content (AvgIpc) is 2.39. The minimum Gasteiger partial charge on any atom is -0.352 e. The molecule has 0 aliphatic heterocycles. The predicted octanol–water partition coefficient (Wildman–Crippen LogP) is 3.17. The summed E-state index contributed by atoms with van der Waals surface area (Å²) in [7, 11) is 0. The molecule has 3 atom stereocenters. The molecule has 20 heavy (non-hydrogen) atoms. The molecule has 3 unspecified atom stereocenters. The Morgan fingerprint density at radius 3 is 2.50 bits per heavy atom. The first-order valence-electron chi connectivity index (χ1n) is 7.26. The van der Waals surface area contributed by atoms with Crippen molar-refractivity contribution in [3.05, 3.63) is 35.6 Å². The van der Waals surface area contributed by atoms with Crippen molar-refractivity contribution in [1.82, 2.24) is 10.6 Å². The lowest BCUT2D eigenvalue weighted by molar-refractivity contribution is -0.123. The molecule has 4 heteroatoms. The van der Waals surface area contributed by atoms with E-state index in [1.165, 1.54) is 6.07 Å². The van der Waals surface area contributed by atoms with Crippen molar-refractivity contribution in [1.29, 1.82) is 0 Å². The number of benzene rings is 1. The van der Waals surface area contributed by atoms with Gasteiger partial charge in [0.05, 0.1) is 6.04 Å². The molecule has 1 aromatic carbocycles. The standard InChI is InChI=1S/C16H25FN2O/c1-5-8-11(2)18-16(20)13(4)19-12(3)14-9-6-7-10-15(14)17/h6-7,9-13,19H,5,8H2,1-4H3,(H,18,20). The lowest BCUT2D eigenvalue weighted by atomic mass is 10.1. The van der Waals surface area contributed by atoms with Gasteiger partial charge in [0.2, 0.25) is 5.91 Å². The normalized spacial score (nSPS) is 15.4. The van der Waals surface area contributed by atoms with E-state index < -0.39 is 0 Å². The molecule has 0 heterocycles. The quantitative estimate of drug-likeness (QED) is 0.805. The fourth-order valence-electron chi connectivity index (χ4n) is 2.24. The summed E-state index contributed by atoms with van der Waals surface area (Å²) in [5.41, 5.74) is 0.578. The largest absolute Gasteiger partial charge is 0.352 e. The van der Waals surface area contributed by atoms with Crippen LogP contribution in [0.15, 0.2) is 24.3 Å². The molecule has 112 valence electrons. The van der Waals surface area contributed by atoms with Crippen LogP contribution in [0.4, 0.5) is 4.39 Å². The van der Waals surface area contributed by atoms with Crippen molar-refractivity contribution in [2.75, 3.05) is 0 Å². The van der Waals surface area contributed by atoms with Crippen molar-refractivity contribution < 1.29 is 9.18 Å². The second kappa shape index (κ2) is 8.00. The summed E-state index contributed by atoms with van der Waals surface area (Å²) in [5, 5.41) is 6.09. The summed E-state index contributed by atoms with van der Waals surface area (Å²) in [6.07, 6.45) is 2.00. The van der Waals surface area contributed by atoms with E-state index in [1.807, 2.05) is 13.8 Å². The van der Waals surface area contributed by atoms with Gasteiger partial charge in [0, 0.05) is 17.6 Å². The van der Waals surface area contributed by atoms with E-state index in [1.54, 1.807) is 25.1 Å². The molecular formula is C16H25FN2O. The van der Waals surface area contributed by atoms with E-state index in [9.17, 15) is 9.18 Å². The lowest BCUT2D eigenvalue weighted by Crippen LogP contribution is -2.46. The van der Waals surface area contributed by atoms with Crippen LogP contribution in [0.2, 0.25) is 0 Å². The molecular weight excluding hydrogens is 255 g/mol. The number of hydrogen-bond donors (Lipinski definition) is 2. The van der Waals surface area contributed by atoms with E-state index in [0.29, 0.717) is 5.56 Å². The Labute approximate surface area is 121 Å². The monoisotopic (exact) mass is 280 g/mol. The topological polar surface area (TPSA) is 41.1 Å². The molecule has 0 aliphatic rings. The SMILES string of the molecule is CCCC(C)NC(=O)C(C)NC(C)c1ccccc1F. The number of amides is 1. The minimum atomic E-state index is -0.357. The summed E-state index contributed by atoms with van der Waals surface area (Å²) in [5.74, 6) is -0.298. The second-order valence-corrected chi connectivity index (χ2v) is 5.33. The molecule has 0 aliphatic carbocycles. The smallest absolute Gasteiger partial charge is 0.237 e. The molecule has 3 nitrogen and oxygen atoms in total. The van der Waals surface area contributed by atoms with Crippen molar-refractivity contribution >= 4 is 5.91 Å². The van der Waals surface area contributed by atoms with E-state index in [4.69, 9.17) is 0 Å². The third kappa shape index (κ3) is 4.93. The predicted molar refractivity (Wildman–Crippen MR) is 79.9 cm³/mol. The van der Waals surface area contributed by atoms with Crippen LogP contribution in [0.3, 0.4) is 0 Å². The maximum absolute atomic E-state index is 13.7. The van der Waals surface area contributed by atoms with Crippen LogP contribution in [0, 0.1) is 5.82 Å². The van der Waals surface area contributed by atoms with Crippen molar-refractivity contribution in [2.45, 2.75) is 58.7 Å². The summed E-state index contributed by atoms with van der Waals surface area (Å²) in [6.45, 7) is 7.74. The van der Waals surface area contributed by atoms with Crippen LogP contribution in [-0.2, 0) is 4.79 Å². The summed E-state index contributed by atoms with van der Waals surface area (Å²) in [6, 6.07) is 6.22. The molecule has 1 amide bonds. The third-order valence-electron chi connectivity index (χ3n) is 3.38.